The van der Waals surface area contributed by atoms with E-state index in [1.807, 2.05) is 25.1 Å². The molecule has 0 fully saturated rings. The molecule has 0 saturated carbocycles. The first kappa shape index (κ1) is 24.3. The van der Waals surface area contributed by atoms with Gasteiger partial charge in [0.2, 0.25) is 5.69 Å². The van der Waals surface area contributed by atoms with Crippen LogP contribution in [-0.4, -0.2) is 37.0 Å². The normalized spacial score (nSPS) is 11.8. The number of carbonyl (C=O) groups is 1. The highest BCUT2D eigenvalue weighted by molar-refractivity contribution is 6.10. The van der Waals surface area contributed by atoms with Crippen molar-refractivity contribution in [2.75, 3.05) is 26.6 Å². The van der Waals surface area contributed by atoms with E-state index in [0.29, 0.717) is 22.9 Å². The lowest BCUT2D eigenvalue weighted by Gasteiger charge is -2.19. The van der Waals surface area contributed by atoms with Gasteiger partial charge in [-0.2, -0.15) is 9.67 Å². The van der Waals surface area contributed by atoms with Crippen molar-refractivity contribution in [1.82, 2.24) is 9.78 Å². The fraction of sp³-hybridized carbons (Fsp3) is 0.269. The predicted molar refractivity (Wildman–Crippen MR) is 129 cm³/mol. The summed E-state index contributed by atoms with van der Waals surface area (Å²) in [7, 11) is 6.66. The largest absolute Gasteiger partial charge is 1.00 e. The van der Waals surface area contributed by atoms with Crippen molar-refractivity contribution >= 4 is 22.4 Å². The Bertz CT molecular complexity index is 1450. The average molecular weight is 495 g/mol. The first-order valence-electron chi connectivity index (χ1n) is 11.0. The third-order valence-corrected chi connectivity index (χ3v) is 6.33. The zero-order valence-corrected chi connectivity index (χ0v) is 21.1. The number of nitrogens with one attached hydrogen (secondary N) is 1. The number of pyridine rings is 1. The summed E-state index contributed by atoms with van der Waals surface area (Å²) in [4.78, 5) is 13.1. The monoisotopic (exact) mass is 494 g/mol. The molecule has 35 heavy (non-hydrogen) atoms. The molecule has 1 aliphatic rings. The number of nitrogens with zero attached hydrogens (tertiary/aromatic N) is 3. The molecule has 0 spiro atoms. The van der Waals surface area contributed by atoms with Gasteiger partial charge in [-0.25, -0.2) is 0 Å². The molecular weight excluding hydrogens is 468 g/mol. The second-order valence-electron chi connectivity index (χ2n) is 8.36. The molecule has 182 valence electrons. The first-order chi connectivity index (χ1) is 16.4. The summed E-state index contributed by atoms with van der Waals surface area (Å²) in [6.45, 7) is 2.67. The lowest BCUT2D eigenvalue weighted by molar-refractivity contribution is -0.686. The van der Waals surface area contributed by atoms with Gasteiger partial charge in [0.05, 0.1) is 43.7 Å². The van der Waals surface area contributed by atoms with E-state index in [1.165, 1.54) is 5.56 Å². The van der Waals surface area contributed by atoms with Gasteiger partial charge in [-0.15, -0.1) is 0 Å². The third kappa shape index (κ3) is 4.14. The summed E-state index contributed by atoms with van der Waals surface area (Å²) in [6.07, 6.45) is 2.94. The highest BCUT2D eigenvalue weighted by atomic mass is 35.5. The van der Waals surface area contributed by atoms with Crippen LogP contribution in [0, 0.1) is 6.92 Å². The van der Waals surface area contributed by atoms with E-state index in [1.54, 1.807) is 39.1 Å². The molecule has 0 atom stereocenters. The molecule has 0 bridgehead atoms. The van der Waals surface area contributed by atoms with Gasteiger partial charge in [0.25, 0.3) is 5.91 Å². The van der Waals surface area contributed by atoms with E-state index in [9.17, 15) is 4.79 Å². The van der Waals surface area contributed by atoms with Crippen molar-refractivity contribution in [2.24, 2.45) is 7.05 Å². The van der Waals surface area contributed by atoms with Gasteiger partial charge in [-0.3, -0.25) is 9.48 Å². The number of anilines is 1. The molecule has 9 heteroatoms. The highest BCUT2D eigenvalue weighted by Gasteiger charge is 2.27. The standard InChI is InChI=1S/C26H26N4O4.ClH/c1-15-10-21(29(2)28-15)26(31)27-25-19-14-30-9-8-17-12-23(33-4)24(34-5)13-18(17)20(30)11-16(19)6-7-22(25)32-3;/h6-7,10-14H,8-9H2,1-5H3;1H. The molecule has 1 amide bonds. The van der Waals surface area contributed by atoms with Crippen LogP contribution in [-0.2, 0) is 20.0 Å². The van der Waals surface area contributed by atoms with Gasteiger partial charge in [0, 0.05) is 19.5 Å². The number of hydrogen-bond donors (Lipinski definition) is 1. The fourth-order valence-corrected chi connectivity index (χ4v) is 4.66. The van der Waals surface area contributed by atoms with Crippen molar-refractivity contribution < 1.29 is 36.0 Å². The number of ether oxygens (including phenoxy) is 3. The lowest BCUT2D eigenvalue weighted by atomic mass is 9.95. The van der Waals surface area contributed by atoms with Crippen molar-refractivity contribution in [3.8, 4) is 28.5 Å². The predicted octanol–water partition coefficient (Wildman–Crippen LogP) is 0.674. The Balaban J connectivity index is 0.00000289. The van der Waals surface area contributed by atoms with Crippen LogP contribution >= 0.6 is 0 Å². The molecule has 0 radical (unpaired) electrons. The zero-order valence-electron chi connectivity index (χ0n) is 20.3. The number of rotatable bonds is 5. The van der Waals surface area contributed by atoms with Crippen LogP contribution in [0.5, 0.6) is 17.2 Å². The number of fused-ring (bicyclic) bond motifs is 4. The summed E-state index contributed by atoms with van der Waals surface area (Å²) < 4.78 is 20.4. The molecule has 0 aliphatic carbocycles. The summed E-state index contributed by atoms with van der Waals surface area (Å²) in [5.74, 6) is 1.79. The van der Waals surface area contributed by atoms with Crippen LogP contribution in [0.1, 0.15) is 21.7 Å². The average Bonchev–Trinajstić information content (AvgIpc) is 3.19. The van der Waals surface area contributed by atoms with Crippen LogP contribution in [0.2, 0.25) is 0 Å². The molecule has 2 aromatic carbocycles. The zero-order chi connectivity index (χ0) is 24.0. The van der Waals surface area contributed by atoms with E-state index in [-0.39, 0.29) is 18.3 Å². The molecular formula is C26H27ClN4O4. The van der Waals surface area contributed by atoms with Crippen molar-refractivity contribution in [1.29, 1.82) is 0 Å². The number of hydrogen-bond acceptors (Lipinski definition) is 5. The summed E-state index contributed by atoms with van der Waals surface area (Å²) in [5.41, 5.74) is 5.31. The molecule has 1 aliphatic heterocycles. The van der Waals surface area contributed by atoms with Crippen LogP contribution in [0.4, 0.5) is 5.69 Å². The van der Waals surface area contributed by atoms with E-state index in [0.717, 1.165) is 46.4 Å². The minimum absolute atomic E-state index is 0. The Kier molecular flexibility index (Phi) is 6.58. The van der Waals surface area contributed by atoms with E-state index in [4.69, 9.17) is 14.2 Å². The fourth-order valence-electron chi connectivity index (χ4n) is 4.66. The van der Waals surface area contributed by atoms with Gasteiger partial charge in [0.1, 0.15) is 11.4 Å². The summed E-state index contributed by atoms with van der Waals surface area (Å²) >= 11 is 0. The molecule has 2 aromatic heterocycles. The maximum absolute atomic E-state index is 13.1. The van der Waals surface area contributed by atoms with Crippen molar-refractivity contribution in [3.05, 3.63) is 59.5 Å². The van der Waals surface area contributed by atoms with Crippen molar-refractivity contribution in [2.45, 2.75) is 19.9 Å². The van der Waals surface area contributed by atoms with Crippen molar-refractivity contribution in [3.63, 3.8) is 0 Å². The Morgan fingerprint density at radius 1 is 1.03 bits per heavy atom. The van der Waals surface area contributed by atoms with Crippen LogP contribution in [0.25, 0.3) is 22.0 Å². The maximum Gasteiger partial charge on any atom is 0.274 e. The Morgan fingerprint density at radius 3 is 2.40 bits per heavy atom. The number of methoxy groups -OCH3 is 3. The second-order valence-corrected chi connectivity index (χ2v) is 8.36. The Labute approximate surface area is 209 Å². The highest BCUT2D eigenvalue weighted by Crippen LogP contribution is 2.39. The number of aromatic nitrogens is 3. The van der Waals surface area contributed by atoms with Gasteiger partial charge < -0.3 is 31.9 Å². The van der Waals surface area contributed by atoms with E-state index >= 15 is 0 Å². The van der Waals surface area contributed by atoms with E-state index in [2.05, 4.69) is 33.3 Å². The Hall–Kier alpha value is -3.78. The van der Waals surface area contributed by atoms with Crippen LogP contribution in [0.3, 0.4) is 0 Å². The van der Waals surface area contributed by atoms with Gasteiger partial charge in [-0.05, 0) is 42.1 Å². The summed E-state index contributed by atoms with van der Waals surface area (Å²) in [6, 6.07) is 11.9. The quantitative estimate of drug-likeness (QED) is 0.413. The third-order valence-electron chi connectivity index (χ3n) is 6.33. The summed E-state index contributed by atoms with van der Waals surface area (Å²) in [5, 5.41) is 9.24. The molecule has 0 saturated heterocycles. The van der Waals surface area contributed by atoms with Gasteiger partial charge in [0.15, 0.2) is 24.2 Å². The van der Waals surface area contributed by atoms with Gasteiger partial charge in [-0.1, -0.05) is 6.07 Å². The van der Waals surface area contributed by atoms with Crippen LogP contribution in [0.15, 0.2) is 42.6 Å². The number of benzene rings is 2. The Morgan fingerprint density at radius 2 is 1.74 bits per heavy atom. The lowest BCUT2D eigenvalue weighted by Crippen LogP contribution is -3.00. The number of halogens is 1. The smallest absolute Gasteiger partial charge is 0.274 e. The first-order valence-corrected chi connectivity index (χ1v) is 11.0. The van der Waals surface area contributed by atoms with E-state index < -0.39 is 0 Å². The molecule has 0 unspecified atom stereocenters. The number of carbonyl (C=O) groups excluding carboxylic acids is 1. The molecule has 3 heterocycles. The maximum atomic E-state index is 13.1. The topological polar surface area (TPSA) is 78.5 Å². The second kappa shape index (κ2) is 9.46. The molecule has 4 aromatic rings. The minimum atomic E-state index is -0.237. The SMILES string of the molecule is COc1cc2c(cc1OC)-c1cc3ccc(OC)c(NC(=O)c4cc(C)nn4C)c3c[n+]1CC2.[Cl-]. The van der Waals surface area contributed by atoms with Crippen LogP contribution < -0.4 is 36.5 Å². The van der Waals surface area contributed by atoms with Gasteiger partial charge >= 0.3 is 0 Å². The minimum Gasteiger partial charge on any atom is -1.00 e. The molecule has 1 N–H and O–H groups in total. The molecule has 5 rings (SSSR count). The number of aryl methyl sites for hydroxylation is 4. The number of amides is 1. The molecule has 8 nitrogen and oxygen atoms in total.